The lowest BCUT2D eigenvalue weighted by atomic mass is 9.88. The molecule has 0 bridgehead atoms. The van der Waals surface area contributed by atoms with Crippen molar-refractivity contribution >= 4 is 11.8 Å². The molecule has 0 aromatic heterocycles. The molecule has 2 N–H and O–H groups in total. The Balaban J connectivity index is 4.09. The topological polar surface area (TPSA) is 58.2 Å². The van der Waals surface area contributed by atoms with Gasteiger partial charge in [0.05, 0.1) is 0 Å². The highest BCUT2D eigenvalue weighted by atomic mass is 16.2. The Hall–Kier alpha value is -1.06. The van der Waals surface area contributed by atoms with Crippen molar-refractivity contribution < 1.29 is 9.59 Å². The van der Waals surface area contributed by atoms with Crippen LogP contribution in [0.25, 0.3) is 0 Å². The highest BCUT2D eigenvalue weighted by molar-refractivity contribution is 5.77. The maximum absolute atomic E-state index is 11.6. The molecule has 0 rings (SSSR count). The van der Waals surface area contributed by atoms with Gasteiger partial charge in [-0.2, -0.15) is 0 Å². The minimum atomic E-state index is -0.215. The molecule has 0 aliphatic rings. The van der Waals surface area contributed by atoms with Gasteiger partial charge in [-0.15, -0.1) is 0 Å². The fourth-order valence-corrected chi connectivity index (χ4v) is 1.47. The SMILES string of the molecule is CNC(=O)CC(C)(C)CNC(=O)CC(C)(C)C. The molecule has 100 valence electrons. The Morgan fingerprint density at radius 3 is 1.88 bits per heavy atom. The molecular formula is C13H26N2O2. The number of hydrogen-bond acceptors (Lipinski definition) is 2. The molecule has 0 atom stereocenters. The van der Waals surface area contributed by atoms with Crippen LogP contribution < -0.4 is 10.6 Å². The van der Waals surface area contributed by atoms with E-state index in [4.69, 9.17) is 0 Å². The zero-order chi connectivity index (χ0) is 13.7. The zero-order valence-electron chi connectivity index (χ0n) is 11.9. The third kappa shape index (κ3) is 8.72. The molecule has 0 unspecified atom stereocenters. The molecule has 0 saturated carbocycles. The van der Waals surface area contributed by atoms with Crippen LogP contribution in [0.4, 0.5) is 0 Å². The molecule has 0 fully saturated rings. The summed E-state index contributed by atoms with van der Waals surface area (Å²) < 4.78 is 0. The van der Waals surface area contributed by atoms with Crippen LogP contribution in [-0.2, 0) is 9.59 Å². The molecule has 0 spiro atoms. The summed E-state index contributed by atoms with van der Waals surface area (Å²) in [5, 5.41) is 5.49. The molecule has 0 saturated heterocycles. The van der Waals surface area contributed by atoms with Crippen molar-refractivity contribution in [3.05, 3.63) is 0 Å². The smallest absolute Gasteiger partial charge is 0.220 e. The van der Waals surface area contributed by atoms with Crippen LogP contribution >= 0.6 is 0 Å². The first-order chi connectivity index (χ1) is 7.56. The molecule has 2 amide bonds. The van der Waals surface area contributed by atoms with E-state index in [2.05, 4.69) is 10.6 Å². The van der Waals surface area contributed by atoms with Gasteiger partial charge in [0.2, 0.25) is 11.8 Å². The number of amides is 2. The Morgan fingerprint density at radius 2 is 1.47 bits per heavy atom. The van der Waals surface area contributed by atoms with E-state index in [1.54, 1.807) is 7.05 Å². The highest BCUT2D eigenvalue weighted by Gasteiger charge is 2.23. The summed E-state index contributed by atoms with van der Waals surface area (Å²) in [6.07, 6.45) is 0.919. The van der Waals surface area contributed by atoms with Crippen molar-refractivity contribution in [3.8, 4) is 0 Å². The van der Waals surface area contributed by atoms with Gasteiger partial charge in [0.1, 0.15) is 0 Å². The number of rotatable bonds is 5. The molecule has 0 radical (unpaired) electrons. The quantitative estimate of drug-likeness (QED) is 0.771. The number of carbonyl (C=O) groups excluding carboxylic acids is 2. The predicted molar refractivity (Wildman–Crippen MR) is 69.5 cm³/mol. The van der Waals surface area contributed by atoms with Crippen LogP contribution in [0.5, 0.6) is 0 Å². The van der Waals surface area contributed by atoms with Crippen molar-refractivity contribution in [2.75, 3.05) is 13.6 Å². The summed E-state index contributed by atoms with van der Waals surface area (Å²) in [6, 6.07) is 0. The molecule has 0 aromatic carbocycles. The van der Waals surface area contributed by atoms with E-state index in [9.17, 15) is 9.59 Å². The molecular weight excluding hydrogens is 216 g/mol. The Morgan fingerprint density at radius 1 is 0.941 bits per heavy atom. The van der Waals surface area contributed by atoms with Crippen molar-refractivity contribution in [2.24, 2.45) is 10.8 Å². The minimum absolute atomic E-state index is 0.0000652. The van der Waals surface area contributed by atoms with E-state index in [1.165, 1.54) is 0 Å². The maximum atomic E-state index is 11.6. The average Bonchev–Trinajstić information content (AvgIpc) is 2.11. The molecule has 17 heavy (non-hydrogen) atoms. The van der Waals surface area contributed by atoms with Gasteiger partial charge in [-0.3, -0.25) is 9.59 Å². The highest BCUT2D eigenvalue weighted by Crippen LogP contribution is 2.20. The van der Waals surface area contributed by atoms with Gasteiger partial charge in [-0.05, 0) is 10.8 Å². The average molecular weight is 242 g/mol. The van der Waals surface area contributed by atoms with Crippen LogP contribution in [0.15, 0.2) is 0 Å². The first-order valence-corrected chi connectivity index (χ1v) is 6.03. The minimum Gasteiger partial charge on any atom is -0.359 e. The number of nitrogens with one attached hydrogen (secondary N) is 2. The van der Waals surface area contributed by atoms with Crippen LogP contribution in [0, 0.1) is 10.8 Å². The van der Waals surface area contributed by atoms with Gasteiger partial charge in [0.25, 0.3) is 0 Å². The van der Waals surface area contributed by atoms with Crippen LogP contribution in [-0.4, -0.2) is 25.4 Å². The second kappa shape index (κ2) is 6.03. The largest absolute Gasteiger partial charge is 0.359 e. The van der Waals surface area contributed by atoms with Gasteiger partial charge in [-0.25, -0.2) is 0 Å². The molecule has 0 aliphatic carbocycles. The van der Waals surface area contributed by atoms with Crippen molar-refractivity contribution in [1.29, 1.82) is 0 Å². The third-order valence-electron chi connectivity index (χ3n) is 2.37. The maximum Gasteiger partial charge on any atom is 0.220 e. The summed E-state index contributed by atoms with van der Waals surface area (Å²) in [7, 11) is 1.62. The summed E-state index contributed by atoms with van der Waals surface area (Å²) in [4.78, 5) is 22.9. The lowest BCUT2D eigenvalue weighted by Gasteiger charge is -2.25. The van der Waals surface area contributed by atoms with Crippen molar-refractivity contribution in [2.45, 2.75) is 47.5 Å². The van der Waals surface area contributed by atoms with Crippen LogP contribution in [0.2, 0.25) is 0 Å². The third-order valence-corrected chi connectivity index (χ3v) is 2.37. The predicted octanol–water partition coefficient (Wildman–Crippen LogP) is 1.70. The van der Waals surface area contributed by atoms with E-state index in [-0.39, 0.29) is 22.6 Å². The van der Waals surface area contributed by atoms with Gasteiger partial charge < -0.3 is 10.6 Å². The summed E-state index contributed by atoms with van der Waals surface area (Å²) >= 11 is 0. The first-order valence-electron chi connectivity index (χ1n) is 6.03. The fraction of sp³-hybridized carbons (Fsp3) is 0.846. The fourth-order valence-electron chi connectivity index (χ4n) is 1.47. The van der Waals surface area contributed by atoms with Crippen molar-refractivity contribution in [3.63, 3.8) is 0 Å². The van der Waals surface area contributed by atoms with Gasteiger partial charge >= 0.3 is 0 Å². The van der Waals surface area contributed by atoms with E-state index in [1.807, 2.05) is 34.6 Å². The molecule has 0 aromatic rings. The van der Waals surface area contributed by atoms with E-state index < -0.39 is 0 Å². The van der Waals surface area contributed by atoms with Gasteiger partial charge in [-0.1, -0.05) is 34.6 Å². The van der Waals surface area contributed by atoms with Crippen LogP contribution in [0.1, 0.15) is 47.5 Å². The van der Waals surface area contributed by atoms with Gasteiger partial charge in [0, 0.05) is 26.4 Å². The van der Waals surface area contributed by atoms with Crippen LogP contribution in [0.3, 0.4) is 0 Å². The standard InChI is InChI=1S/C13H26N2O2/c1-12(2,3)7-11(17)15-9-13(4,5)8-10(16)14-6/h7-9H2,1-6H3,(H,14,16)(H,15,17). The summed E-state index contributed by atoms with van der Waals surface area (Å²) in [5.41, 5.74) is -0.220. The second-order valence-corrected chi connectivity index (χ2v) is 6.53. The van der Waals surface area contributed by atoms with E-state index >= 15 is 0 Å². The first kappa shape index (κ1) is 15.9. The monoisotopic (exact) mass is 242 g/mol. The van der Waals surface area contributed by atoms with Gasteiger partial charge in [0.15, 0.2) is 0 Å². The summed E-state index contributed by atoms with van der Waals surface area (Å²) in [5.74, 6) is 0.0440. The Kier molecular flexibility index (Phi) is 5.66. The van der Waals surface area contributed by atoms with Crippen molar-refractivity contribution in [1.82, 2.24) is 10.6 Å². The summed E-state index contributed by atoms with van der Waals surface area (Å²) in [6.45, 7) is 10.6. The number of carbonyl (C=O) groups is 2. The zero-order valence-corrected chi connectivity index (χ0v) is 11.9. The lowest BCUT2D eigenvalue weighted by molar-refractivity contribution is -0.125. The molecule has 0 heterocycles. The molecule has 4 heteroatoms. The Bertz CT molecular complexity index is 278. The normalized spacial score (nSPS) is 12.1. The molecule has 4 nitrogen and oxygen atoms in total. The lowest BCUT2D eigenvalue weighted by Crippen LogP contribution is -2.38. The van der Waals surface area contributed by atoms with E-state index in [0.717, 1.165) is 0 Å². The Labute approximate surface area is 105 Å². The number of hydrogen-bond donors (Lipinski definition) is 2. The molecule has 0 aliphatic heterocycles. The van der Waals surface area contributed by atoms with E-state index in [0.29, 0.717) is 19.4 Å². The second-order valence-electron chi connectivity index (χ2n) is 6.53.